The van der Waals surface area contributed by atoms with Gasteiger partial charge in [-0.3, -0.25) is 0 Å². The molecule has 0 atom stereocenters. The fourth-order valence-electron chi connectivity index (χ4n) is 1.71. The van der Waals surface area contributed by atoms with Gasteiger partial charge < -0.3 is 15.5 Å². The molecule has 0 saturated heterocycles. The lowest BCUT2D eigenvalue weighted by atomic mass is 10.1. The summed E-state index contributed by atoms with van der Waals surface area (Å²) in [6.07, 6.45) is 0. The van der Waals surface area contributed by atoms with Gasteiger partial charge in [-0.15, -0.1) is 0 Å². The predicted molar refractivity (Wildman–Crippen MR) is 70.9 cm³/mol. The van der Waals surface area contributed by atoms with Gasteiger partial charge in [-0.1, -0.05) is 0 Å². The predicted octanol–water partition coefficient (Wildman–Crippen LogP) is 2.61. The Balaban J connectivity index is 2.45. The molecular weight excluding hydrogens is 282 g/mol. The molecule has 4 nitrogen and oxygen atoms in total. The normalized spacial score (nSPS) is 10.6. The quantitative estimate of drug-likeness (QED) is 0.915. The number of hydrogen-bond acceptors (Lipinski definition) is 3. The van der Waals surface area contributed by atoms with E-state index in [9.17, 15) is 0 Å². The maximum absolute atomic E-state index is 5.56. The molecule has 17 heavy (non-hydrogen) atoms. The summed E-state index contributed by atoms with van der Waals surface area (Å²) in [6.45, 7) is 2.40. The van der Waals surface area contributed by atoms with E-state index in [0.717, 1.165) is 33.0 Å². The Morgan fingerprint density at radius 2 is 2.24 bits per heavy atom. The van der Waals surface area contributed by atoms with Gasteiger partial charge in [0.05, 0.1) is 23.8 Å². The van der Waals surface area contributed by atoms with Crippen molar-refractivity contribution in [3.8, 4) is 17.0 Å². The highest BCUT2D eigenvalue weighted by atomic mass is 79.9. The zero-order valence-corrected chi connectivity index (χ0v) is 11.3. The Morgan fingerprint density at radius 1 is 1.47 bits per heavy atom. The van der Waals surface area contributed by atoms with E-state index in [0.29, 0.717) is 6.54 Å². The number of nitrogens with two attached hydrogens (primary N) is 1. The summed E-state index contributed by atoms with van der Waals surface area (Å²) in [7, 11) is 1.64. The number of imidazole rings is 1. The zero-order valence-electron chi connectivity index (χ0n) is 9.75. The second-order valence-electron chi connectivity index (χ2n) is 3.71. The summed E-state index contributed by atoms with van der Waals surface area (Å²) in [5, 5.41) is 0. The van der Waals surface area contributed by atoms with Gasteiger partial charge >= 0.3 is 0 Å². The van der Waals surface area contributed by atoms with Crippen LogP contribution in [0.5, 0.6) is 5.75 Å². The number of rotatable bonds is 3. The molecule has 0 aliphatic heterocycles. The molecule has 0 saturated carbocycles. The van der Waals surface area contributed by atoms with Gasteiger partial charge in [-0.2, -0.15) is 0 Å². The minimum atomic E-state index is 0.415. The Labute approximate surface area is 108 Å². The van der Waals surface area contributed by atoms with E-state index >= 15 is 0 Å². The second kappa shape index (κ2) is 4.89. The lowest BCUT2D eigenvalue weighted by Gasteiger charge is -2.05. The van der Waals surface area contributed by atoms with Crippen LogP contribution in [0.15, 0.2) is 22.7 Å². The first-order chi connectivity index (χ1) is 8.15. The lowest BCUT2D eigenvalue weighted by Crippen LogP contribution is -1.97. The van der Waals surface area contributed by atoms with Gasteiger partial charge in [0.25, 0.3) is 0 Å². The van der Waals surface area contributed by atoms with Crippen molar-refractivity contribution >= 4 is 15.9 Å². The van der Waals surface area contributed by atoms with Crippen molar-refractivity contribution in [2.75, 3.05) is 7.11 Å². The maximum Gasteiger partial charge on any atom is 0.133 e. The van der Waals surface area contributed by atoms with Gasteiger partial charge in [-0.25, -0.2) is 4.98 Å². The molecular formula is C12H14BrN3O. The molecule has 5 heteroatoms. The van der Waals surface area contributed by atoms with Crippen LogP contribution in [0.2, 0.25) is 0 Å². The summed E-state index contributed by atoms with van der Waals surface area (Å²) in [6, 6.07) is 5.88. The van der Waals surface area contributed by atoms with Crippen LogP contribution in [0.3, 0.4) is 0 Å². The minimum Gasteiger partial charge on any atom is -0.496 e. The fraction of sp³-hybridized carbons (Fsp3) is 0.250. The number of nitrogens with zero attached hydrogens (tertiary/aromatic N) is 1. The van der Waals surface area contributed by atoms with Crippen molar-refractivity contribution in [2.24, 2.45) is 5.73 Å². The highest BCUT2D eigenvalue weighted by Gasteiger charge is 2.10. The van der Waals surface area contributed by atoms with E-state index < -0.39 is 0 Å². The number of aromatic nitrogens is 2. The van der Waals surface area contributed by atoms with Crippen LogP contribution in [0.4, 0.5) is 0 Å². The molecule has 1 heterocycles. The zero-order chi connectivity index (χ0) is 12.4. The molecule has 0 unspecified atom stereocenters. The minimum absolute atomic E-state index is 0.415. The van der Waals surface area contributed by atoms with Crippen LogP contribution in [-0.4, -0.2) is 17.1 Å². The van der Waals surface area contributed by atoms with Gasteiger partial charge in [0.1, 0.15) is 11.6 Å². The van der Waals surface area contributed by atoms with E-state index in [1.54, 1.807) is 7.11 Å². The molecule has 0 amide bonds. The Morgan fingerprint density at radius 3 is 2.76 bits per heavy atom. The van der Waals surface area contributed by atoms with Gasteiger partial charge in [0, 0.05) is 11.3 Å². The molecule has 3 N–H and O–H groups in total. The smallest absolute Gasteiger partial charge is 0.133 e. The molecule has 0 aliphatic rings. The summed E-state index contributed by atoms with van der Waals surface area (Å²) in [5.74, 6) is 1.60. The number of methoxy groups -OCH3 is 1. The van der Waals surface area contributed by atoms with Crippen molar-refractivity contribution in [2.45, 2.75) is 13.5 Å². The Kier molecular flexibility index (Phi) is 3.49. The van der Waals surface area contributed by atoms with Crippen LogP contribution in [0, 0.1) is 6.92 Å². The van der Waals surface area contributed by atoms with Crippen LogP contribution in [0.1, 0.15) is 11.5 Å². The Hall–Kier alpha value is -1.33. The van der Waals surface area contributed by atoms with Crippen molar-refractivity contribution in [1.29, 1.82) is 0 Å². The van der Waals surface area contributed by atoms with Crippen molar-refractivity contribution in [3.05, 3.63) is 34.2 Å². The Bertz CT molecular complexity index is 537. The van der Waals surface area contributed by atoms with Crippen molar-refractivity contribution in [1.82, 2.24) is 9.97 Å². The topological polar surface area (TPSA) is 63.9 Å². The number of benzene rings is 1. The van der Waals surface area contributed by atoms with Crippen molar-refractivity contribution in [3.63, 3.8) is 0 Å². The number of nitrogens with one attached hydrogen (secondary N) is 1. The molecule has 1 aromatic heterocycles. The molecule has 2 rings (SSSR count). The number of ether oxygens (including phenoxy) is 1. The molecule has 1 aromatic carbocycles. The molecule has 0 fully saturated rings. The first kappa shape index (κ1) is 12.1. The maximum atomic E-state index is 5.56. The summed E-state index contributed by atoms with van der Waals surface area (Å²) in [5.41, 5.74) is 8.54. The SMILES string of the molecule is COc1ccc(-c2nc(CN)[nH]c2C)cc1Br. The van der Waals surface area contributed by atoms with Crippen LogP contribution >= 0.6 is 15.9 Å². The number of halogens is 1. The highest BCUT2D eigenvalue weighted by molar-refractivity contribution is 9.10. The summed E-state index contributed by atoms with van der Waals surface area (Å²) < 4.78 is 6.11. The summed E-state index contributed by atoms with van der Waals surface area (Å²) >= 11 is 3.47. The number of hydrogen-bond donors (Lipinski definition) is 2. The number of aromatic amines is 1. The average Bonchev–Trinajstić information content (AvgIpc) is 2.70. The standard InChI is InChI=1S/C12H14BrN3O/c1-7-12(16-11(6-14)15-7)8-3-4-10(17-2)9(13)5-8/h3-5H,6,14H2,1-2H3,(H,15,16). The van der Waals surface area contributed by atoms with Crippen LogP contribution in [0.25, 0.3) is 11.3 Å². The van der Waals surface area contributed by atoms with Gasteiger partial charge in [0.2, 0.25) is 0 Å². The average molecular weight is 296 g/mol. The largest absolute Gasteiger partial charge is 0.496 e. The molecule has 0 spiro atoms. The molecule has 90 valence electrons. The molecule has 0 aliphatic carbocycles. The second-order valence-corrected chi connectivity index (χ2v) is 4.56. The molecule has 0 bridgehead atoms. The van der Waals surface area contributed by atoms with Gasteiger partial charge in [-0.05, 0) is 41.1 Å². The van der Waals surface area contributed by atoms with Crippen LogP contribution in [-0.2, 0) is 6.54 Å². The third-order valence-electron chi connectivity index (χ3n) is 2.55. The van der Waals surface area contributed by atoms with E-state index in [1.165, 1.54) is 0 Å². The fourth-order valence-corrected chi connectivity index (χ4v) is 2.25. The first-order valence-corrected chi connectivity index (χ1v) is 6.04. The highest BCUT2D eigenvalue weighted by Crippen LogP contribution is 2.30. The van der Waals surface area contributed by atoms with Gasteiger partial charge in [0.15, 0.2) is 0 Å². The van der Waals surface area contributed by atoms with E-state index in [1.807, 2.05) is 25.1 Å². The van der Waals surface area contributed by atoms with Crippen molar-refractivity contribution < 1.29 is 4.74 Å². The molecule has 2 aromatic rings. The van der Waals surface area contributed by atoms with E-state index in [2.05, 4.69) is 25.9 Å². The molecule has 0 radical (unpaired) electrons. The number of aryl methyl sites for hydroxylation is 1. The van der Waals surface area contributed by atoms with Crippen LogP contribution < -0.4 is 10.5 Å². The third kappa shape index (κ3) is 2.35. The lowest BCUT2D eigenvalue weighted by molar-refractivity contribution is 0.412. The van der Waals surface area contributed by atoms with E-state index in [4.69, 9.17) is 10.5 Å². The third-order valence-corrected chi connectivity index (χ3v) is 3.17. The summed E-state index contributed by atoms with van der Waals surface area (Å²) in [4.78, 5) is 7.61. The first-order valence-electron chi connectivity index (χ1n) is 5.25. The number of H-pyrrole nitrogens is 1. The monoisotopic (exact) mass is 295 g/mol. The van der Waals surface area contributed by atoms with E-state index in [-0.39, 0.29) is 0 Å².